The summed E-state index contributed by atoms with van der Waals surface area (Å²) in [5, 5.41) is 37.9. The minimum atomic E-state index is -1.30. The number of rotatable bonds is 5. The predicted molar refractivity (Wildman–Crippen MR) is 76.4 cm³/mol. The van der Waals surface area contributed by atoms with Gasteiger partial charge in [0.15, 0.2) is 0 Å². The van der Waals surface area contributed by atoms with Crippen LogP contribution in [-0.2, 0) is 11.2 Å². The Balaban J connectivity index is 1.85. The number of benzene rings is 1. The Bertz CT molecular complexity index is 400. The summed E-state index contributed by atoms with van der Waals surface area (Å²) < 4.78 is 5.58. The Labute approximate surface area is 122 Å². The van der Waals surface area contributed by atoms with Crippen LogP contribution < -0.4 is 0 Å². The van der Waals surface area contributed by atoms with Crippen LogP contribution in [0.5, 0.6) is 0 Å². The van der Waals surface area contributed by atoms with Gasteiger partial charge in [-0.25, -0.2) is 0 Å². The summed E-state index contributed by atoms with van der Waals surface area (Å²) in [6, 6.07) is 9.81. The zero-order valence-corrected chi connectivity index (χ0v) is 11.8. The maximum Gasteiger partial charge on any atom is 0.132 e. The molecule has 0 amide bonds. The van der Waals surface area contributed by atoms with Gasteiger partial charge in [-0.05, 0) is 12.0 Å². The third kappa shape index (κ3) is 3.72. The molecule has 0 aromatic heterocycles. The third-order valence-electron chi connectivity index (χ3n) is 3.36. The molecule has 0 bridgehead atoms. The van der Waals surface area contributed by atoms with E-state index in [9.17, 15) is 15.3 Å². The highest BCUT2D eigenvalue weighted by atomic mass is 32.2. The average molecular weight is 300 g/mol. The Morgan fingerprint density at radius 3 is 2.35 bits per heavy atom. The first-order valence-electron chi connectivity index (χ1n) is 6.59. The fourth-order valence-electron chi connectivity index (χ4n) is 2.14. The molecule has 0 unspecified atom stereocenters. The second-order valence-electron chi connectivity index (χ2n) is 4.80. The van der Waals surface area contributed by atoms with Gasteiger partial charge in [-0.15, -0.1) is 11.8 Å². The van der Waals surface area contributed by atoms with Gasteiger partial charge in [-0.1, -0.05) is 30.3 Å². The largest absolute Gasteiger partial charge is 0.395 e. The van der Waals surface area contributed by atoms with E-state index < -0.39 is 29.0 Å². The van der Waals surface area contributed by atoms with Crippen LogP contribution in [0.25, 0.3) is 0 Å². The second-order valence-corrected chi connectivity index (χ2v) is 6.15. The summed E-state index contributed by atoms with van der Waals surface area (Å²) in [6.45, 7) is 0.133. The lowest BCUT2D eigenvalue weighted by Crippen LogP contribution is -2.54. The lowest BCUT2D eigenvalue weighted by atomic mass is 10.0. The highest BCUT2D eigenvalue weighted by molar-refractivity contribution is 8.00. The standard InChI is InChI=1S/C14H20O5S/c15-8-10-11(16)12(17)13(18)14(20-10)19-7-6-9-4-2-1-3-5-9/h1-5,10-18H,6-8H2/t10-,11+,12+,13-,14-/m1/s1. The topological polar surface area (TPSA) is 90.2 Å². The molecule has 1 aliphatic rings. The highest BCUT2D eigenvalue weighted by Crippen LogP contribution is 2.33. The van der Waals surface area contributed by atoms with Gasteiger partial charge < -0.3 is 25.2 Å². The molecule has 0 spiro atoms. The van der Waals surface area contributed by atoms with E-state index >= 15 is 0 Å². The SMILES string of the molecule is OC[C@H]1S[C@@H](OCCc2ccccc2)[C@H](O)[C@@H](O)[C@H]1O. The molecule has 1 aromatic rings. The van der Waals surface area contributed by atoms with E-state index in [1.165, 1.54) is 0 Å². The van der Waals surface area contributed by atoms with Crippen LogP contribution in [0.2, 0.25) is 0 Å². The van der Waals surface area contributed by atoms with Crippen molar-refractivity contribution in [3.05, 3.63) is 35.9 Å². The maximum absolute atomic E-state index is 9.88. The molecule has 1 heterocycles. The van der Waals surface area contributed by atoms with Gasteiger partial charge in [0, 0.05) is 0 Å². The van der Waals surface area contributed by atoms with Crippen molar-refractivity contribution in [1.82, 2.24) is 0 Å². The molecule has 5 nitrogen and oxygen atoms in total. The number of ether oxygens (including phenoxy) is 1. The van der Waals surface area contributed by atoms with Gasteiger partial charge in [0.2, 0.25) is 0 Å². The molecule has 112 valence electrons. The Morgan fingerprint density at radius 1 is 1.00 bits per heavy atom. The van der Waals surface area contributed by atoms with Gasteiger partial charge >= 0.3 is 0 Å². The van der Waals surface area contributed by atoms with Gasteiger partial charge in [-0.3, -0.25) is 0 Å². The van der Waals surface area contributed by atoms with Crippen molar-refractivity contribution in [3.63, 3.8) is 0 Å². The molecule has 1 fully saturated rings. The smallest absolute Gasteiger partial charge is 0.132 e. The zero-order chi connectivity index (χ0) is 14.5. The lowest BCUT2D eigenvalue weighted by Gasteiger charge is -2.39. The van der Waals surface area contributed by atoms with Crippen LogP contribution in [0.15, 0.2) is 30.3 Å². The minimum Gasteiger partial charge on any atom is -0.395 e. The molecule has 4 N–H and O–H groups in total. The first kappa shape index (κ1) is 15.8. The fraction of sp³-hybridized carbons (Fsp3) is 0.571. The molecule has 5 atom stereocenters. The predicted octanol–water partition coefficient (Wildman–Crippen LogP) is -0.238. The van der Waals surface area contributed by atoms with E-state index in [1.54, 1.807) is 0 Å². The molecular formula is C14H20O5S. The summed E-state index contributed by atoms with van der Waals surface area (Å²) in [6.07, 6.45) is -2.90. The van der Waals surface area contributed by atoms with E-state index in [-0.39, 0.29) is 6.61 Å². The summed E-state index contributed by atoms with van der Waals surface area (Å²) >= 11 is 1.15. The molecule has 0 radical (unpaired) electrons. The van der Waals surface area contributed by atoms with Gasteiger partial charge in [0.05, 0.1) is 24.6 Å². The van der Waals surface area contributed by atoms with Crippen LogP contribution in [0.1, 0.15) is 5.56 Å². The normalized spacial score (nSPS) is 34.1. The minimum absolute atomic E-state index is 0.270. The molecule has 2 rings (SSSR count). The summed E-state index contributed by atoms with van der Waals surface area (Å²) in [4.78, 5) is 0. The number of thioether (sulfide) groups is 1. The molecule has 1 aromatic carbocycles. The Kier molecular flexibility index (Phi) is 5.83. The molecule has 20 heavy (non-hydrogen) atoms. The Morgan fingerprint density at radius 2 is 1.70 bits per heavy atom. The average Bonchev–Trinajstić information content (AvgIpc) is 2.48. The second kappa shape index (κ2) is 7.40. The van der Waals surface area contributed by atoms with Gasteiger partial charge in [0.1, 0.15) is 17.6 Å². The van der Waals surface area contributed by atoms with E-state index in [2.05, 4.69) is 0 Å². The van der Waals surface area contributed by atoms with Crippen LogP contribution >= 0.6 is 11.8 Å². The lowest BCUT2D eigenvalue weighted by molar-refractivity contribution is -0.109. The van der Waals surface area contributed by atoms with Crippen molar-refractivity contribution in [1.29, 1.82) is 0 Å². The van der Waals surface area contributed by atoms with Crippen LogP contribution in [0, 0.1) is 0 Å². The van der Waals surface area contributed by atoms with Crippen LogP contribution in [0.4, 0.5) is 0 Å². The van der Waals surface area contributed by atoms with E-state index in [4.69, 9.17) is 9.84 Å². The van der Waals surface area contributed by atoms with E-state index in [1.807, 2.05) is 30.3 Å². The molecule has 0 saturated carbocycles. The molecule has 6 heteroatoms. The fourth-order valence-corrected chi connectivity index (χ4v) is 3.39. The van der Waals surface area contributed by atoms with Gasteiger partial charge in [-0.2, -0.15) is 0 Å². The van der Waals surface area contributed by atoms with Crippen molar-refractivity contribution in [2.45, 2.75) is 35.4 Å². The summed E-state index contributed by atoms with van der Waals surface area (Å²) in [5.41, 5.74) is 0.483. The highest BCUT2D eigenvalue weighted by Gasteiger charge is 2.43. The first-order chi connectivity index (χ1) is 9.63. The first-order valence-corrected chi connectivity index (χ1v) is 7.54. The maximum atomic E-state index is 9.88. The van der Waals surface area contributed by atoms with Crippen molar-refractivity contribution in [2.75, 3.05) is 13.2 Å². The molecular weight excluding hydrogens is 280 g/mol. The molecule has 1 aliphatic heterocycles. The quantitative estimate of drug-likeness (QED) is 0.600. The number of aliphatic hydroxyl groups is 4. The van der Waals surface area contributed by atoms with E-state index in [0.29, 0.717) is 13.0 Å². The molecule has 1 saturated heterocycles. The van der Waals surface area contributed by atoms with Crippen molar-refractivity contribution in [2.24, 2.45) is 0 Å². The van der Waals surface area contributed by atoms with Crippen LogP contribution in [0.3, 0.4) is 0 Å². The summed E-state index contributed by atoms with van der Waals surface area (Å²) in [5.74, 6) is 0. The monoisotopic (exact) mass is 300 g/mol. The van der Waals surface area contributed by atoms with Crippen molar-refractivity contribution >= 4 is 11.8 Å². The van der Waals surface area contributed by atoms with Crippen molar-refractivity contribution < 1.29 is 25.2 Å². The summed E-state index contributed by atoms with van der Waals surface area (Å²) in [7, 11) is 0. The number of hydrogen-bond donors (Lipinski definition) is 4. The Hall–Kier alpha value is -0.630. The third-order valence-corrected chi connectivity index (χ3v) is 4.82. The number of hydrogen-bond acceptors (Lipinski definition) is 6. The zero-order valence-electron chi connectivity index (χ0n) is 11.0. The van der Waals surface area contributed by atoms with Crippen LogP contribution in [-0.4, -0.2) is 62.6 Å². The number of aliphatic hydroxyl groups excluding tert-OH is 4. The van der Waals surface area contributed by atoms with Crippen molar-refractivity contribution in [3.8, 4) is 0 Å². The van der Waals surface area contributed by atoms with Gasteiger partial charge in [0.25, 0.3) is 0 Å². The van der Waals surface area contributed by atoms with E-state index in [0.717, 1.165) is 17.3 Å². The molecule has 0 aliphatic carbocycles.